The molecule has 1 rings (SSSR count). The van der Waals surface area contributed by atoms with E-state index in [1.54, 1.807) is 25.1 Å². The van der Waals surface area contributed by atoms with Crippen LogP contribution < -0.4 is 0 Å². The molecule has 0 aromatic heterocycles. The molecule has 0 aliphatic heterocycles. The average molecular weight is 242 g/mol. The van der Waals surface area contributed by atoms with Gasteiger partial charge in [-0.1, -0.05) is 18.2 Å². The molecule has 0 saturated heterocycles. The van der Waals surface area contributed by atoms with E-state index in [9.17, 15) is 8.42 Å². The van der Waals surface area contributed by atoms with Gasteiger partial charge in [0.1, 0.15) is 0 Å². The van der Waals surface area contributed by atoms with Gasteiger partial charge in [0.15, 0.2) is 0 Å². The third-order valence-corrected chi connectivity index (χ3v) is 2.39. The summed E-state index contributed by atoms with van der Waals surface area (Å²) in [4.78, 5) is -0.0278. The molecule has 1 aromatic rings. The number of benzene rings is 1. The zero-order valence-electron chi connectivity index (χ0n) is 6.56. The van der Waals surface area contributed by atoms with Gasteiger partial charge < -0.3 is 0 Å². The van der Waals surface area contributed by atoms with E-state index in [1.165, 1.54) is 6.07 Å². The van der Waals surface area contributed by atoms with E-state index in [1.807, 2.05) is 0 Å². The van der Waals surface area contributed by atoms with E-state index >= 15 is 0 Å². The first-order valence-corrected chi connectivity index (χ1v) is 4.49. The van der Waals surface area contributed by atoms with E-state index in [4.69, 9.17) is 4.55 Å². The van der Waals surface area contributed by atoms with Gasteiger partial charge in [-0.15, -0.1) is 0 Å². The normalized spacial score (nSPS) is 10.5. The van der Waals surface area contributed by atoms with Crippen LogP contribution in [0.5, 0.6) is 0 Å². The van der Waals surface area contributed by atoms with Crippen molar-refractivity contribution < 1.29 is 13.0 Å². The number of hydrogen-bond acceptors (Lipinski definition) is 2. The molecular weight excluding hydrogens is 234 g/mol. The zero-order chi connectivity index (χ0) is 8.48. The van der Waals surface area contributed by atoms with E-state index < -0.39 is 10.1 Å². The molecule has 1 aromatic carbocycles. The maximum Gasteiger partial charge on any atom is 0.294 e. The molecule has 5 heteroatoms. The topological polar surface area (TPSA) is 54.4 Å². The van der Waals surface area contributed by atoms with Gasteiger partial charge in [0.25, 0.3) is 10.1 Å². The standard InChI is InChI=1S/C7H8O3S.Ga/c1-6-4-2-3-5-7(6)11(8,9)10;/h2-5H,1H3,(H,8,9,10);. The smallest absolute Gasteiger partial charge is 0.282 e. The summed E-state index contributed by atoms with van der Waals surface area (Å²) in [6, 6.07) is 6.27. The summed E-state index contributed by atoms with van der Waals surface area (Å²) in [6.07, 6.45) is 0. The Morgan fingerprint density at radius 3 is 2.08 bits per heavy atom. The Bertz CT molecular complexity index is 359. The van der Waals surface area contributed by atoms with Crippen molar-refractivity contribution in [3.8, 4) is 0 Å². The summed E-state index contributed by atoms with van der Waals surface area (Å²) in [5.41, 5.74) is 0.551. The first-order chi connectivity index (χ1) is 5.02. The average Bonchev–Trinajstić information content (AvgIpc) is 1.86. The summed E-state index contributed by atoms with van der Waals surface area (Å²) in [5, 5.41) is 0. The summed E-state index contributed by atoms with van der Waals surface area (Å²) < 4.78 is 29.9. The predicted molar refractivity (Wildman–Crippen MR) is 46.7 cm³/mol. The van der Waals surface area contributed by atoms with Gasteiger partial charge in [0.2, 0.25) is 0 Å². The zero-order valence-corrected chi connectivity index (χ0v) is 9.80. The fourth-order valence-corrected chi connectivity index (χ4v) is 1.57. The largest absolute Gasteiger partial charge is 0.294 e. The Morgan fingerprint density at radius 1 is 1.25 bits per heavy atom. The Hall–Kier alpha value is -0.234. The second-order valence-corrected chi connectivity index (χ2v) is 3.63. The second-order valence-electron chi connectivity index (χ2n) is 2.24. The molecule has 0 atom stereocenters. The molecule has 63 valence electrons. The van der Waals surface area contributed by atoms with Crippen molar-refractivity contribution in [2.45, 2.75) is 11.8 Å². The van der Waals surface area contributed by atoms with Gasteiger partial charge in [-0.05, 0) is 18.6 Å². The molecule has 12 heavy (non-hydrogen) atoms. The van der Waals surface area contributed by atoms with Crippen molar-refractivity contribution in [3.05, 3.63) is 29.8 Å². The van der Waals surface area contributed by atoms with Crippen LogP contribution in [0.2, 0.25) is 0 Å². The number of rotatable bonds is 1. The first kappa shape index (κ1) is 11.8. The van der Waals surface area contributed by atoms with Crippen molar-refractivity contribution in [3.63, 3.8) is 0 Å². The van der Waals surface area contributed by atoms with Crippen molar-refractivity contribution in [2.75, 3.05) is 0 Å². The van der Waals surface area contributed by atoms with Crippen molar-refractivity contribution in [1.29, 1.82) is 0 Å². The summed E-state index contributed by atoms with van der Waals surface area (Å²) in [5.74, 6) is 0. The van der Waals surface area contributed by atoms with Crippen molar-refractivity contribution in [2.24, 2.45) is 0 Å². The quantitative estimate of drug-likeness (QED) is 0.586. The van der Waals surface area contributed by atoms with Crippen LogP contribution in [0.4, 0.5) is 0 Å². The van der Waals surface area contributed by atoms with Crippen LogP contribution in [-0.4, -0.2) is 32.8 Å². The summed E-state index contributed by atoms with van der Waals surface area (Å²) in [6.45, 7) is 1.63. The maximum absolute atomic E-state index is 10.6. The van der Waals surface area contributed by atoms with E-state index in [0.717, 1.165) is 0 Å². The monoisotopic (exact) mass is 241 g/mol. The van der Waals surface area contributed by atoms with Gasteiger partial charge in [-0.2, -0.15) is 8.42 Å². The molecule has 0 bridgehead atoms. The molecule has 0 fully saturated rings. The molecule has 0 heterocycles. The van der Waals surface area contributed by atoms with Crippen molar-refractivity contribution in [1.82, 2.24) is 0 Å². The predicted octanol–water partition coefficient (Wildman–Crippen LogP) is 0.861. The summed E-state index contributed by atoms with van der Waals surface area (Å²) >= 11 is 0. The van der Waals surface area contributed by atoms with Crippen molar-refractivity contribution >= 4 is 29.9 Å². The fraction of sp³-hybridized carbons (Fsp3) is 0.143. The second kappa shape index (κ2) is 4.13. The minimum Gasteiger partial charge on any atom is -0.282 e. The Balaban J connectivity index is 0.00000121. The van der Waals surface area contributed by atoms with Gasteiger partial charge in [-0.3, -0.25) is 4.55 Å². The minimum atomic E-state index is -4.03. The molecule has 3 radical (unpaired) electrons. The Kier molecular flexibility index (Phi) is 4.05. The molecular formula is C7H8GaO3S. The maximum atomic E-state index is 10.6. The third-order valence-electron chi connectivity index (χ3n) is 1.37. The molecule has 0 amide bonds. The molecule has 0 saturated carbocycles. The molecule has 3 nitrogen and oxygen atoms in total. The van der Waals surface area contributed by atoms with Crippen LogP contribution in [0.3, 0.4) is 0 Å². The van der Waals surface area contributed by atoms with Gasteiger partial charge in [0.05, 0.1) is 4.90 Å². The third kappa shape index (κ3) is 2.67. The van der Waals surface area contributed by atoms with Crippen LogP contribution in [0.25, 0.3) is 0 Å². The van der Waals surface area contributed by atoms with Crippen LogP contribution in [0.1, 0.15) is 5.56 Å². The number of aryl methyl sites for hydroxylation is 1. The minimum absolute atomic E-state index is 0. The molecule has 0 aliphatic carbocycles. The van der Waals surface area contributed by atoms with Crippen LogP contribution in [0.15, 0.2) is 29.2 Å². The Labute approximate surface area is 84.6 Å². The molecule has 1 N–H and O–H groups in total. The fourth-order valence-electron chi connectivity index (χ4n) is 0.846. The van der Waals surface area contributed by atoms with E-state index in [0.29, 0.717) is 5.56 Å². The van der Waals surface area contributed by atoms with Gasteiger partial charge in [0, 0.05) is 19.8 Å². The molecule has 0 spiro atoms. The first-order valence-electron chi connectivity index (χ1n) is 3.05. The molecule has 0 aliphatic rings. The Morgan fingerprint density at radius 2 is 1.75 bits per heavy atom. The van der Waals surface area contributed by atoms with Crippen LogP contribution >= 0.6 is 0 Å². The SMILES string of the molecule is Cc1ccccc1S(=O)(=O)O.[Ga]. The van der Waals surface area contributed by atoms with E-state index in [-0.39, 0.29) is 24.7 Å². The van der Waals surface area contributed by atoms with Gasteiger partial charge in [-0.25, -0.2) is 0 Å². The van der Waals surface area contributed by atoms with Crippen LogP contribution in [-0.2, 0) is 10.1 Å². The summed E-state index contributed by atoms with van der Waals surface area (Å²) in [7, 11) is -4.03. The molecule has 0 unspecified atom stereocenters. The van der Waals surface area contributed by atoms with Crippen LogP contribution in [0, 0.1) is 6.92 Å². The van der Waals surface area contributed by atoms with E-state index in [2.05, 4.69) is 0 Å². The van der Waals surface area contributed by atoms with Gasteiger partial charge >= 0.3 is 0 Å². The number of hydrogen-bond donors (Lipinski definition) is 1.